The summed E-state index contributed by atoms with van der Waals surface area (Å²) < 4.78 is 0. The molecule has 2 aromatic rings. The molecule has 0 radical (unpaired) electrons. The summed E-state index contributed by atoms with van der Waals surface area (Å²) >= 11 is 0. The van der Waals surface area contributed by atoms with Crippen molar-refractivity contribution in [3.63, 3.8) is 0 Å². The third kappa shape index (κ3) is 3.94. The van der Waals surface area contributed by atoms with Gasteiger partial charge in [-0.15, -0.1) is 0 Å². The second-order valence-corrected chi connectivity index (χ2v) is 5.52. The largest absolute Gasteiger partial charge is 0.322 e. The fourth-order valence-electron chi connectivity index (χ4n) is 2.40. The maximum Gasteiger partial charge on any atom is 0.255 e. The summed E-state index contributed by atoms with van der Waals surface area (Å²) in [5.74, 6) is -0.0468. The van der Waals surface area contributed by atoms with Gasteiger partial charge in [0.25, 0.3) is 5.91 Å². The molecule has 0 unspecified atom stereocenters. The van der Waals surface area contributed by atoms with Crippen LogP contribution in [0.15, 0.2) is 42.5 Å². The van der Waals surface area contributed by atoms with Crippen molar-refractivity contribution in [1.82, 2.24) is 0 Å². The number of aryl methyl sites for hydroxylation is 3. The van der Waals surface area contributed by atoms with E-state index < -0.39 is 0 Å². The Labute approximate surface area is 127 Å². The molecular formula is C19H23NO. The summed E-state index contributed by atoms with van der Waals surface area (Å²) in [5.41, 5.74) is 5.08. The zero-order valence-corrected chi connectivity index (χ0v) is 13.1. The molecule has 1 N–H and O–H groups in total. The molecule has 0 fully saturated rings. The van der Waals surface area contributed by atoms with Crippen LogP contribution in [-0.4, -0.2) is 5.91 Å². The van der Waals surface area contributed by atoms with E-state index in [0.717, 1.165) is 23.2 Å². The zero-order chi connectivity index (χ0) is 15.2. The molecule has 1 amide bonds. The van der Waals surface area contributed by atoms with E-state index in [1.54, 1.807) is 0 Å². The number of carbonyl (C=O) groups excluding carboxylic acids is 1. The lowest BCUT2D eigenvalue weighted by Gasteiger charge is -2.11. The molecule has 21 heavy (non-hydrogen) atoms. The van der Waals surface area contributed by atoms with E-state index in [1.165, 1.54) is 18.4 Å². The average Bonchev–Trinajstić information content (AvgIpc) is 2.49. The molecule has 0 aliphatic carbocycles. The lowest BCUT2D eigenvalue weighted by atomic mass is 10.1. The van der Waals surface area contributed by atoms with Gasteiger partial charge in [-0.05, 0) is 55.5 Å². The zero-order valence-electron chi connectivity index (χ0n) is 13.1. The van der Waals surface area contributed by atoms with Crippen LogP contribution in [0.2, 0.25) is 0 Å². The third-order valence-corrected chi connectivity index (χ3v) is 3.75. The Morgan fingerprint density at radius 3 is 2.19 bits per heavy atom. The van der Waals surface area contributed by atoms with E-state index in [2.05, 4.69) is 24.4 Å². The maximum absolute atomic E-state index is 12.3. The second kappa shape index (κ2) is 7.07. The SMILES string of the molecule is CCCCc1ccc(C(=O)Nc2c(C)cccc2C)cc1. The van der Waals surface area contributed by atoms with Gasteiger partial charge in [-0.25, -0.2) is 0 Å². The molecule has 110 valence electrons. The van der Waals surface area contributed by atoms with E-state index in [4.69, 9.17) is 0 Å². The first kappa shape index (κ1) is 15.3. The van der Waals surface area contributed by atoms with Crippen molar-refractivity contribution >= 4 is 11.6 Å². The minimum absolute atomic E-state index is 0.0468. The molecule has 0 saturated heterocycles. The summed E-state index contributed by atoms with van der Waals surface area (Å²) in [7, 11) is 0. The lowest BCUT2D eigenvalue weighted by Crippen LogP contribution is -2.13. The Balaban J connectivity index is 2.10. The molecule has 2 heteroatoms. The van der Waals surface area contributed by atoms with Crippen molar-refractivity contribution < 1.29 is 4.79 Å². The molecule has 0 saturated carbocycles. The van der Waals surface area contributed by atoms with E-state index in [-0.39, 0.29) is 5.91 Å². The predicted octanol–water partition coefficient (Wildman–Crippen LogP) is 4.90. The number of rotatable bonds is 5. The van der Waals surface area contributed by atoms with Gasteiger partial charge >= 0.3 is 0 Å². The van der Waals surface area contributed by atoms with Crippen LogP contribution < -0.4 is 5.32 Å². The van der Waals surface area contributed by atoms with Crippen molar-refractivity contribution in [2.24, 2.45) is 0 Å². The smallest absolute Gasteiger partial charge is 0.255 e. The standard InChI is InChI=1S/C19H23NO/c1-4-5-9-16-10-12-17(13-11-16)19(21)20-18-14(2)7-6-8-15(18)3/h6-8,10-13H,4-5,9H2,1-3H3,(H,20,21). The molecule has 0 heterocycles. The van der Waals surface area contributed by atoms with E-state index in [1.807, 2.05) is 44.2 Å². The first-order valence-corrected chi connectivity index (χ1v) is 7.58. The van der Waals surface area contributed by atoms with Crippen LogP contribution in [0.25, 0.3) is 0 Å². The van der Waals surface area contributed by atoms with Gasteiger partial charge < -0.3 is 5.32 Å². The normalized spacial score (nSPS) is 10.4. The van der Waals surface area contributed by atoms with Crippen LogP contribution in [0.1, 0.15) is 46.8 Å². The number of para-hydroxylation sites is 1. The van der Waals surface area contributed by atoms with Gasteiger partial charge in [0.1, 0.15) is 0 Å². The van der Waals surface area contributed by atoms with Crippen molar-refractivity contribution in [2.75, 3.05) is 5.32 Å². The highest BCUT2D eigenvalue weighted by atomic mass is 16.1. The van der Waals surface area contributed by atoms with Gasteiger partial charge in [-0.2, -0.15) is 0 Å². The van der Waals surface area contributed by atoms with Crippen LogP contribution in [0.5, 0.6) is 0 Å². The van der Waals surface area contributed by atoms with Gasteiger partial charge in [-0.3, -0.25) is 4.79 Å². The molecule has 2 rings (SSSR count). The van der Waals surface area contributed by atoms with Crippen molar-refractivity contribution in [3.8, 4) is 0 Å². The number of hydrogen-bond acceptors (Lipinski definition) is 1. The topological polar surface area (TPSA) is 29.1 Å². The van der Waals surface area contributed by atoms with E-state index in [0.29, 0.717) is 5.56 Å². The van der Waals surface area contributed by atoms with Crippen LogP contribution in [0.4, 0.5) is 5.69 Å². The Bertz CT molecular complexity index is 594. The Morgan fingerprint density at radius 2 is 1.62 bits per heavy atom. The fraction of sp³-hybridized carbons (Fsp3) is 0.316. The maximum atomic E-state index is 12.3. The number of nitrogens with one attached hydrogen (secondary N) is 1. The third-order valence-electron chi connectivity index (χ3n) is 3.75. The van der Waals surface area contributed by atoms with Crippen molar-refractivity contribution in [3.05, 3.63) is 64.7 Å². The highest BCUT2D eigenvalue weighted by Gasteiger charge is 2.09. The van der Waals surface area contributed by atoms with Crippen molar-refractivity contribution in [2.45, 2.75) is 40.0 Å². The highest BCUT2D eigenvalue weighted by molar-refractivity contribution is 6.05. The molecule has 0 atom stereocenters. The van der Waals surface area contributed by atoms with Crippen LogP contribution >= 0.6 is 0 Å². The monoisotopic (exact) mass is 281 g/mol. The summed E-state index contributed by atoms with van der Waals surface area (Å²) in [6.07, 6.45) is 3.46. The van der Waals surface area contributed by atoms with Gasteiger partial charge in [0.2, 0.25) is 0 Å². The van der Waals surface area contributed by atoms with Gasteiger partial charge in [0.15, 0.2) is 0 Å². The van der Waals surface area contributed by atoms with E-state index >= 15 is 0 Å². The number of amides is 1. The van der Waals surface area contributed by atoms with Gasteiger partial charge in [0.05, 0.1) is 0 Å². The summed E-state index contributed by atoms with van der Waals surface area (Å²) in [6, 6.07) is 13.9. The van der Waals surface area contributed by atoms with E-state index in [9.17, 15) is 4.79 Å². The average molecular weight is 281 g/mol. The first-order chi connectivity index (χ1) is 10.1. The van der Waals surface area contributed by atoms with Crippen LogP contribution in [0.3, 0.4) is 0 Å². The second-order valence-electron chi connectivity index (χ2n) is 5.52. The minimum Gasteiger partial charge on any atom is -0.322 e. The molecular weight excluding hydrogens is 258 g/mol. The fourth-order valence-corrected chi connectivity index (χ4v) is 2.40. The predicted molar refractivity (Wildman–Crippen MR) is 88.9 cm³/mol. The molecule has 0 aliphatic heterocycles. The quantitative estimate of drug-likeness (QED) is 0.830. The number of carbonyl (C=O) groups is 1. The van der Waals surface area contributed by atoms with Gasteiger partial charge in [0, 0.05) is 11.3 Å². The number of hydrogen-bond donors (Lipinski definition) is 1. The number of anilines is 1. The molecule has 2 nitrogen and oxygen atoms in total. The summed E-state index contributed by atoms with van der Waals surface area (Å²) in [6.45, 7) is 6.21. The Hall–Kier alpha value is -2.09. The minimum atomic E-state index is -0.0468. The summed E-state index contributed by atoms with van der Waals surface area (Å²) in [4.78, 5) is 12.3. The lowest BCUT2D eigenvalue weighted by molar-refractivity contribution is 0.102. The van der Waals surface area contributed by atoms with Crippen molar-refractivity contribution in [1.29, 1.82) is 0 Å². The van der Waals surface area contributed by atoms with Crippen LogP contribution in [0, 0.1) is 13.8 Å². The Kier molecular flexibility index (Phi) is 5.15. The number of benzene rings is 2. The molecule has 0 spiro atoms. The van der Waals surface area contributed by atoms with Gasteiger partial charge in [-0.1, -0.05) is 43.7 Å². The number of unbranched alkanes of at least 4 members (excludes halogenated alkanes) is 1. The van der Waals surface area contributed by atoms with Crippen LogP contribution in [-0.2, 0) is 6.42 Å². The molecule has 0 aliphatic rings. The molecule has 0 aromatic heterocycles. The summed E-state index contributed by atoms with van der Waals surface area (Å²) in [5, 5.41) is 3.02. The molecule has 0 bridgehead atoms. The molecule has 2 aromatic carbocycles. The highest BCUT2D eigenvalue weighted by Crippen LogP contribution is 2.20. The Morgan fingerprint density at radius 1 is 1.00 bits per heavy atom. The first-order valence-electron chi connectivity index (χ1n) is 7.58.